The maximum Gasteiger partial charge on any atom is 0.335 e. The quantitative estimate of drug-likeness (QED) is 0.375. The fraction of sp³-hybridized carbons (Fsp3) is 0.143. The van der Waals surface area contributed by atoms with Crippen LogP contribution in [-0.2, 0) is 14.4 Å². The SMILES string of the molecule is COc1ccc(N2C(=O)NC(=O)/C(=C\c3cccc(OCC(=O)Nc4cc(C)ccc4C)c3)C2=O)cc1. The van der Waals surface area contributed by atoms with Crippen LogP contribution in [0.15, 0.2) is 72.3 Å². The van der Waals surface area contributed by atoms with Gasteiger partial charge >= 0.3 is 6.03 Å². The summed E-state index contributed by atoms with van der Waals surface area (Å²) in [4.78, 5) is 51.2. The number of nitrogens with one attached hydrogen (secondary N) is 2. The Kier molecular flexibility index (Phi) is 7.34. The van der Waals surface area contributed by atoms with E-state index < -0.39 is 17.8 Å². The Bertz CT molecular complexity index is 1410. The second-order valence-corrected chi connectivity index (χ2v) is 8.38. The highest BCUT2D eigenvalue weighted by Gasteiger charge is 2.36. The van der Waals surface area contributed by atoms with Gasteiger partial charge in [0.25, 0.3) is 17.7 Å². The highest BCUT2D eigenvalue weighted by molar-refractivity contribution is 6.39. The third kappa shape index (κ3) is 5.84. The van der Waals surface area contributed by atoms with Gasteiger partial charge in [0.05, 0.1) is 12.8 Å². The average Bonchev–Trinajstić information content (AvgIpc) is 2.88. The lowest BCUT2D eigenvalue weighted by molar-refractivity contribution is -0.122. The third-order valence-electron chi connectivity index (χ3n) is 5.64. The van der Waals surface area contributed by atoms with Crippen molar-refractivity contribution >= 4 is 41.2 Å². The first kappa shape index (κ1) is 25.2. The van der Waals surface area contributed by atoms with E-state index in [1.54, 1.807) is 48.5 Å². The van der Waals surface area contributed by atoms with Crippen molar-refractivity contribution in [3.05, 3.63) is 89.0 Å². The Hall–Kier alpha value is -4.92. The van der Waals surface area contributed by atoms with Crippen molar-refractivity contribution in [2.45, 2.75) is 13.8 Å². The van der Waals surface area contributed by atoms with E-state index in [2.05, 4.69) is 10.6 Å². The minimum Gasteiger partial charge on any atom is -0.497 e. The number of carbonyl (C=O) groups excluding carboxylic acids is 4. The number of hydrogen-bond donors (Lipinski definition) is 2. The molecule has 9 heteroatoms. The second kappa shape index (κ2) is 10.8. The smallest absolute Gasteiger partial charge is 0.335 e. The molecular weight excluding hydrogens is 474 g/mol. The molecule has 0 saturated carbocycles. The fourth-order valence-corrected chi connectivity index (χ4v) is 3.69. The number of aryl methyl sites for hydroxylation is 2. The van der Waals surface area contributed by atoms with E-state index in [0.29, 0.717) is 22.7 Å². The van der Waals surface area contributed by atoms with Gasteiger partial charge in [-0.2, -0.15) is 0 Å². The molecule has 0 atom stereocenters. The summed E-state index contributed by atoms with van der Waals surface area (Å²) in [6, 6.07) is 17.8. The number of methoxy groups -OCH3 is 1. The van der Waals surface area contributed by atoms with E-state index in [4.69, 9.17) is 9.47 Å². The van der Waals surface area contributed by atoms with Gasteiger partial charge in [0.1, 0.15) is 17.1 Å². The van der Waals surface area contributed by atoms with Crippen molar-refractivity contribution < 1.29 is 28.7 Å². The molecule has 37 heavy (non-hydrogen) atoms. The first-order valence-corrected chi connectivity index (χ1v) is 11.4. The molecule has 1 aliphatic rings. The molecule has 3 aromatic carbocycles. The Morgan fingerprint density at radius 3 is 2.46 bits per heavy atom. The molecule has 0 spiro atoms. The molecule has 4 rings (SSSR count). The fourth-order valence-electron chi connectivity index (χ4n) is 3.69. The summed E-state index contributed by atoms with van der Waals surface area (Å²) in [7, 11) is 1.50. The molecule has 0 bridgehead atoms. The molecule has 3 aromatic rings. The molecule has 9 nitrogen and oxygen atoms in total. The van der Waals surface area contributed by atoms with Crippen LogP contribution in [0.4, 0.5) is 16.2 Å². The zero-order valence-electron chi connectivity index (χ0n) is 20.5. The minimum atomic E-state index is -0.843. The Balaban J connectivity index is 1.48. The van der Waals surface area contributed by atoms with Gasteiger partial charge in [0.15, 0.2) is 6.61 Å². The van der Waals surface area contributed by atoms with Crippen molar-refractivity contribution in [1.82, 2.24) is 5.32 Å². The van der Waals surface area contributed by atoms with Gasteiger partial charge in [-0.1, -0.05) is 24.3 Å². The molecule has 1 aliphatic heterocycles. The highest BCUT2D eigenvalue weighted by atomic mass is 16.5. The largest absolute Gasteiger partial charge is 0.497 e. The lowest BCUT2D eigenvalue weighted by Gasteiger charge is -2.26. The summed E-state index contributed by atoms with van der Waals surface area (Å²) in [6.07, 6.45) is 1.36. The summed E-state index contributed by atoms with van der Waals surface area (Å²) in [5.41, 5.74) is 3.22. The number of ether oxygens (including phenoxy) is 2. The van der Waals surface area contributed by atoms with Crippen LogP contribution in [0.2, 0.25) is 0 Å². The standard InChI is InChI=1S/C28H25N3O6/c1-17-7-8-18(2)24(13-17)29-25(32)16-37-22-6-4-5-19(14-22)15-23-26(33)30-28(35)31(27(23)34)20-9-11-21(36-3)12-10-20/h4-15H,16H2,1-3H3,(H,29,32)(H,30,33,35)/b23-15+. The van der Waals surface area contributed by atoms with Gasteiger partial charge in [0, 0.05) is 5.69 Å². The summed E-state index contributed by atoms with van der Waals surface area (Å²) in [5, 5.41) is 5.01. The lowest BCUT2D eigenvalue weighted by Crippen LogP contribution is -2.54. The van der Waals surface area contributed by atoms with E-state index in [1.807, 2.05) is 32.0 Å². The number of urea groups is 1. The van der Waals surface area contributed by atoms with Gasteiger partial charge in [0.2, 0.25) is 0 Å². The number of rotatable bonds is 7. The monoisotopic (exact) mass is 499 g/mol. The van der Waals surface area contributed by atoms with E-state index in [9.17, 15) is 19.2 Å². The summed E-state index contributed by atoms with van der Waals surface area (Å²) in [6.45, 7) is 3.61. The molecular formula is C28H25N3O6. The normalized spacial score (nSPS) is 14.4. The third-order valence-corrected chi connectivity index (χ3v) is 5.64. The zero-order valence-corrected chi connectivity index (χ0v) is 20.5. The van der Waals surface area contributed by atoms with Gasteiger partial charge in [-0.3, -0.25) is 19.7 Å². The molecule has 0 aliphatic carbocycles. The number of anilines is 2. The summed E-state index contributed by atoms with van der Waals surface area (Å²) >= 11 is 0. The predicted octanol–water partition coefficient (Wildman–Crippen LogP) is 4.00. The van der Waals surface area contributed by atoms with Crippen LogP contribution in [0, 0.1) is 13.8 Å². The van der Waals surface area contributed by atoms with Crippen LogP contribution < -0.4 is 25.0 Å². The summed E-state index contributed by atoms with van der Waals surface area (Å²) in [5.74, 6) is -0.970. The average molecular weight is 500 g/mol. The first-order chi connectivity index (χ1) is 17.7. The number of carbonyl (C=O) groups is 4. The number of barbiturate groups is 1. The van der Waals surface area contributed by atoms with Crippen molar-refractivity contribution in [3.8, 4) is 11.5 Å². The van der Waals surface area contributed by atoms with Gasteiger partial charge in [-0.25, -0.2) is 9.69 Å². The van der Waals surface area contributed by atoms with Crippen LogP contribution >= 0.6 is 0 Å². The van der Waals surface area contributed by atoms with Gasteiger partial charge in [-0.05, 0) is 79.1 Å². The number of hydrogen-bond acceptors (Lipinski definition) is 6. The first-order valence-electron chi connectivity index (χ1n) is 11.4. The molecule has 0 aromatic heterocycles. The molecule has 188 valence electrons. The molecule has 0 radical (unpaired) electrons. The van der Waals surface area contributed by atoms with Crippen molar-refractivity contribution in [2.24, 2.45) is 0 Å². The maximum absolute atomic E-state index is 13.1. The topological polar surface area (TPSA) is 114 Å². The van der Waals surface area contributed by atoms with Gasteiger partial charge in [-0.15, -0.1) is 0 Å². The van der Waals surface area contributed by atoms with E-state index >= 15 is 0 Å². The second-order valence-electron chi connectivity index (χ2n) is 8.38. The molecule has 1 saturated heterocycles. The van der Waals surface area contributed by atoms with Crippen LogP contribution in [0.25, 0.3) is 6.08 Å². The number of benzene rings is 3. The molecule has 1 heterocycles. The van der Waals surface area contributed by atoms with E-state index in [-0.39, 0.29) is 23.8 Å². The Labute approximate surface area is 213 Å². The van der Waals surface area contributed by atoms with Crippen LogP contribution in [0.1, 0.15) is 16.7 Å². The van der Waals surface area contributed by atoms with E-state index in [0.717, 1.165) is 16.0 Å². The number of amides is 5. The van der Waals surface area contributed by atoms with Crippen LogP contribution in [0.3, 0.4) is 0 Å². The van der Waals surface area contributed by atoms with Gasteiger partial charge < -0.3 is 14.8 Å². The Morgan fingerprint density at radius 1 is 0.973 bits per heavy atom. The lowest BCUT2D eigenvalue weighted by atomic mass is 10.1. The minimum absolute atomic E-state index is 0.222. The van der Waals surface area contributed by atoms with Crippen LogP contribution in [-0.4, -0.2) is 37.5 Å². The molecule has 5 amide bonds. The number of imide groups is 2. The molecule has 1 fully saturated rings. The van der Waals surface area contributed by atoms with Crippen molar-refractivity contribution in [3.63, 3.8) is 0 Å². The zero-order chi connectivity index (χ0) is 26.5. The highest BCUT2D eigenvalue weighted by Crippen LogP contribution is 2.25. The molecule has 0 unspecified atom stereocenters. The predicted molar refractivity (Wildman–Crippen MR) is 138 cm³/mol. The van der Waals surface area contributed by atoms with Crippen LogP contribution in [0.5, 0.6) is 11.5 Å². The Morgan fingerprint density at radius 2 is 1.73 bits per heavy atom. The molecule has 2 N–H and O–H groups in total. The van der Waals surface area contributed by atoms with Crippen molar-refractivity contribution in [1.29, 1.82) is 0 Å². The van der Waals surface area contributed by atoms with Crippen molar-refractivity contribution in [2.75, 3.05) is 23.9 Å². The maximum atomic E-state index is 13.1. The van der Waals surface area contributed by atoms with E-state index in [1.165, 1.54) is 13.2 Å². The number of nitrogens with zero attached hydrogens (tertiary/aromatic N) is 1. The summed E-state index contributed by atoms with van der Waals surface area (Å²) < 4.78 is 10.7.